The van der Waals surface area contributed by atoms with E-state index in [1.54, 1.807) is 11.9 Å². The third-order valence-electron chi connectivity index (χ3n) is 2.26. The highest BCUT2D eigenvalue weighted by atomic mass is 16.2. The second-order valence-electron chi connectivity index (χ2n) is 3.77. The first-order valence-electron chi connectivity index (χ1n) is 5.07. The number of likely N-dealkylation sites (N-methyl/N-ethyl adjacent to an activating group) is 2. The Labute approximate surface area is 91.1 Å². The molecule has 0 saturated heterocycles. The summed E-state index contributed by atoms with van der Waals surface area (Å²) in [5.74, 6) is 0.110. The predicted molar refractivity (Wildman–Crippen MR) is 61.6 cm³/mol. The second-order valence-corrected chi connectivity index (χ2v) is 3.77. The molecular formula is C12H18N2O. The summed E-state index contributed by atoms with van der Waals surface area (Å²) in [5, 5.41) is 2.85. The van der Waals surface area contributed by atoms with Gasteiger partial charge in [-0.1, -0.05) is 29.8 Å². The molecule has 15 heavy (non-hydrogen) atoms. The summed E-state index contributed by atoms with van der Waals surface area (Å²) >= 11 is 0. The summed E-state index contributed by atoms with van der Waals surface area (Å²) in [6.45, 7) is 3.11. The van der Waals surface area contributed by atoms with Crippen molar-refractivity contribution in [3.63, 3.8) is 0 Å². The summed E-state index contributed by atoms with van der Waals surface area (Å²) in [6, 6.07) is 8.21. The minimum Gasteiger partial charge on any atom is -0.340 e. The minimum absolute atomic E-state index is 0.110. The number of nitrogens with one attached hydrogen (secondary N) is 1. The van der Waals surface area contributed by atoms with Crippen LogP contribution >= 0.6 is 0 Å². The van der Waals surface area contributed by atoms with E-state index in [4.69, 9.17) is 0 Å². The first-order valence-corrected chi connectivity index (χ1v) is 5.07. The molecule has 0 fully saturated rings. The Balaban J connectivity index is 2.58. The van der Waals surface area contributed by atoms with Gasteiger partial charge in [0.15, 0.2) is 0 Å². The van der Waals surface area contributed by atoms with Crippen LogP contribution < -0.4 is 5.32 Å². The number of hydrogen-bond acceptors (Lipinski definition) is 2. The normalized spacial score (nSPS) is 10.1. The lowest BCUT2D eigenvalue weighted by Crippen LogP contribution is -2.33. The van der Waals surface area contributed by atoms with Crippen molar-refractivity contribution < 1.29 is 4.79 Å². The molecule has 0 saturated carbocycles. The van der Waals surface area contributed by atoms with Gasteiger partial charge in [-0.05, 0) is 19.5 Å². The van der Waals surface area contributed by atoms with Gasteiger partial charge in [-0.3, -0.25) is 4.79 Å². The van der Waals surface area contributed by atoms with Gasteiger partial charge in [0.2, 0.25) is 5.91 Å². The van der Waals surface area contributed by atoms with E-state index in [9.17, 15) is 4.79 Å². The number of carbonyl (C=O) groups excluding carboxylic acids is 1. The Morgan fingerprint density at radius 1 is 1.47 bits per heavy atom. The van der Waals surface area contributed by atoms with E-state index in [1.165, 1.54) is 11.1 Å². The van der Waals surface area contributed by atoms with Gasteiger partial charge in [0, 0.05) is 13.6 Å². The van der Waals surface area contributed by atoms with Gasteiger partial charge < -0.3 is 10.2 Å². The van der Waals surface area contributed by atoms with Crippen LogP contribution in [0.4, 0.5) is 0 Å². The highest BCUT2D eigenvalue weighted by Crippen LogP contribution is 2.06. The third kappa shape index (κ3) is 3.72. The van der Waals surface area contributed by atoms with E-state index in [2.05, 4.69) is 24.4 Å². The fourth-order valence-corrected chi connectivity index (χ4v) is 1.46. The van der Waals surface area contributed by atoms with E-state index in [-0.39, 0.29) is 5.91 Å². The van der Waals surface area contributed by atoms with Crippen molar-refractivity contribution in [2.75, 3.05) is 20.6 Å². The van der Waals surface area contributed by atoms with Crippen LogP contribution in [0.2, 0.25) is 0 Å². The maximum absolute atomic E-state index is 11.5. The SMILES string of the molecule is CNCC(=O)N(C)Cc1cccc(C)c1. The van der Waals surface area contributed by atoms with Gasteiger partial charge in [0.25, 0.3) is 0 Å². The molecule has 0 aliphatic carbocycles. The largest absolute Gasteiger partial charge is 0.340 e. The van der Waals surface area contributed by atoms with Crippen LogP contribution in [-0.2, 0) is 11.3 Å². The molecule has 0 radical (unpaired) electrons. The van der Waals surface area contributed by atoms with Gasteiger partial charge in [0.1, 0.15) is 0 Å². The highest BCUT2D eigenvalue weighted by Gasteiger charge is 2.07. The summed E-state index contributed by atoms with van der Waals surface area (Å²) < 4.78 is 0. The first-order chi connectivity index (χ1) is 7.13. The van der Waals surface area contributed by atoms with Crippen molar-refractivity contribution in [1.82, 2.24) is 10.2 Å². The molecule has 82 valence electrons. The summed E-state index contributed by atoms with van der Waals surface area (Å²) in [7, 11) is 3.60. The van der Waals surface area contributed by atoms with Crippen LogP contribution in [0.1, 0.15) is 11.1 Å². The van der Waals surface area contributed by atoms with Gasteiger partial charge in [-0.15, -0.1) is 0 Å². The van der Waals surface area contributed by atoms with Gasteiger partial charge in [-0.25, -0.2) is 0 Å². The molecule has 0 unspecified atom stereocenters. The summed E-state index contributed by atoms with van der Waals surface area (Å²) in [6.07, 6.45) is 0. The predicted octanol–water partition coefficient (Wildman–Crippen LogP) is 1.17. The lowest BCUT2D eigenvalue weighted by Gasteiger charge is -2.17. The summed E-state index contributed by atoms with van der Waals surface area (Å²) in [4.78, 5) is 13.2. The number of amides is 1. The Bertz CT molecular complexity index is 336. The van der Waals surface area contributed by atoms with E-state index in [0.29, 0.717) is 13.1 Å². The fourth-order valence-electron chi connectivity index (χ4n) is 1.46. The van der Waals surface area contributed by atoms with Crippen LogP contribution in [0.25, 0.3) is 0 Å². The maximum Gasteiger partial charge on any atom is 0.236 e. The smallest absolute Gasteiger partial charge is 0.236 e. The van der Waals surface area contributed by atoms with Crippen molar-refractivity contribution in [2.24, 2.45) is 0 Å². The van der Waals surface area contributed by atoms with Crippen LogP contribution in [0.15, 0.2) is 24.3 Å². The molecule has 1 aromatic rings. The number of aryl methyl sites for hydroxylation is 1. The zero-order chi connectivity index (χ0) is 11.3. The molecule has 1 aromatic carbocycles. The Hall–Kier alpha value is -1.35. The molecule has 3 heteroatoms. The molecule has 1 rings (SSSR count). The Morgan fingerprint density at radius 3 is 2.80 bits per heavy atom. The minimum atomic E-state index is 0.110. The van der Waals surface area contributed by atoms with Crippen LogP contribution in [0.5, 0.6) is 0 Å². The van der Waals surface area contributed by atoms with Crippen molar-refractivity contribution in [3.8, 4) is 0 Å². The van der Waals surface area contributed by atoms with E-state index in [1.807, 2.05) is 19.2 Å². The zero-order valence-corrected chi connectivity index (χ0v) is 9.58. The monoisotopic (exact) mass is 206 g/mol. The van der Waals surface area contributed by atoms with Crippen LogP contribution in [-0.4, -0.2) is 31.4 Å². The van der Waals surface area contributed by atoms with Crippen molar-refractivity contribution in [2.45, 2.75) is 13.5 Å². The topological polar surface area (TPSA) is 32.3 Å². The molecule has 0 aliphatic heterocycles. The molecule has 0 heterocycles. The number of nitrogens with zero attached hydrogens (tertiary/aromatic N) is 1. The molecule has 0 bridgehead atoms. The molecule has 3 nitrogen and oxygen atoms in total. The van der Waals surface area contributed by atoms with E-state index in [0.717, 1.165) is 0 Å². The highest BCUT2D eigenvalue weighted by molar-refractivity contribution is 5.77. The molecule has 1 amide bonds. The van der Waals surface area contributed by atoms with Crippen molar-refractivity contribution >= 4 is 5.91 Å². The molecule has 1 N–H and O–H groups in total. The fraction of sp³-hybridized carbons (Fsp3) is 0.417. The average molecular weight is 206 g/mol. The number of rotatable bonds is 4. The standard InChI is InChI=1S/C12H18N2O/c1-10-5-4-6-11(7-10)9-14(3)12(15)8-13-2/h4-7,13H,8-9H2,1-3H3. The van der Waals surface area contributed by atoms with Crippen molar-refractivity contribution in [3.05, 3.63) is 35.4 Å². The summed E-state index contributed by atoms with van der Waals surface area (Å²) in [5.41, 5.74) is 2.39. The lowest BCUT2D eigenvalue weighted by atomic mass is 10.1. The average Bonchev–Trinajstić information content (AvgIpc) is 2.18. The van der Waals surface area contributed by atoms with Crippen LogP contribution in [0.3, 0.4) is 0 Å². The van der Waals surface area contributed by atoms with Gasteiger partial charge in [0.05, 0.1) is 6.54 Å². The van der Waals surface area contributed by atoms with Crippen molar-refractivity contribution in [1.29, 1.82) is 0 Å². The lowest BCUT2D eigenvalue weighted by molar-refractivity contribution is -0.129. The Morgan fingerprint density at radius 2 is 2.20 bits per heavy atom. The van der Waals surface area contributed by atoms with Crippen LogP contribution in [0, 0.1) is 6.92 Å². The van der Waals surface area contributed by atoms with E-state index < -0.39 is 0 Å². The molecule has 0 atom stereocenters. The quantitative estimate of drug-likeness (QED) is 0.802. The number of hydrogen-bond donors (Lipinski definition) is 1. The zero-order valence-electron chi connectivity index (χ0n) is 9.58. The third-order valence-corrected chi connectivity index (χ3v) is 2.26. The second kappa shape index (κ2) is 5.51. The molecular weight excluding hydrogens is 188 g/mol. The molecule has 0 aliphatic rings. The maximum atomic E-state index is 11.5. The van der Waals surface area contributed by atoms with Gasteiger partial charge in [-0.2, -0.15) is 0 Å². The van der Waals surface area contributed by atoms with Gasteiger partial charge >= 0.3 is 0 Å². The molecule has 0 spiro atoms. The Kier molecular flexibility index (Phi) is 4.31. The number of carbonyl (C=O) groups is 1. The number of benzene rings is 1. The first kappa shape index (κ1) is 11.7. The van der Waals surface area contributed by atoms with E-state index >= 15 is 0 Å². The molecule has 0 aromatic heterocycles.